The number of aliphatic hydroxyl groups excluding tert-OH is 1. The van der Waals surface area contributed by atoms with Crippen molar-refractivity contribution in [2.45, 2.75) is 64.3 Å². The van der Waals surface area contributed by atoms with Crippen LogP contribution in [0.1, 0.15) is 63.2 Å². The molecule has 1 aliphatic heterocycles. The van der Waals surface area contributed by atoms with Crippen LogP contribution < -0.4 is 0 Å². The van der Waals surface area contributed by atoms with Crippen molar-refractivity contribution in [1.82, 2.24) is 0 Å². The van der Waals surface area contributed by atoms with Crippen molar-refractivity contribution < 1.29 is 9.84 Å². The van der Waals surface area contributed by atoms with Gasteiger partial charge in [0.25, 0.3) is 0 Å². The fourth-order valence-corrected chi connectivity index (χ4v) is 2.54. The van der Waals surface area contributed by atoms with Gasteiger partial charge in [-0.3, -0.25) is 0 Å². The maximum atomic E-state index is 10.3. The Hall–Kier alpha value is -0.860. The number of hydrogen-bond donors (Lipinski definition) is 1. The molecule has 2 rings (SSSR count). The van der Waals surface area contributed by atoms with Gasteiger partial charge in [0.2, 0.25) is 0 Å². The molecule has 1 aliphatic rings. The smallest absolute Gasteiger partial charge is 0.105 e. The second-order valence-corrected chi connectivity index (χ2v) is 5.48. The topological polar surface area (TPSA) is 29.5 Å². The first-order chi connectivity index (χ1) is 8.61. The molecule has 1 saturated heterocycles. The summed E-state index contributed by atoms with van der Waals surface area (Å²) in [6.07, 6.45) is 2.91. The minimum atomic E-state index is -0.485. The lowest BCUT2D eigenvalue weighted by molar-refractivity contribution is -0.0297. The Morgan fingerprint density at radius 2 is 1.83 bits per heavy atom. The number of ether oxygens (including phenoxy) is 1. The Morgan fingerprint density at radius 3 is 2.33 bits per heavy atom. The van der Waals surface area contributed by atoms with Gasteiger partial charge in [0.1, 0.15) is 6.10 Å². The molecule has 4 atom stereocenters. The van der Waals surface area contributed by atoms with E-state index >= 15 is 0 Å². The third-order valence-electron chi connectivity index (χ3n) is 4.08. The average molecular weight is 248 g/mol. The summed E-state index contributed by atoms with van der Waals surface area (Å²) in [7, 11) is 0. The molecule has 2 nitrogen and oxygen atoms in total. The molecule has 1 aromatic rings. The lowest BCUT2D eigenvalue weighted by Crippen LogP contribution is -2.18. The predicted molar refractivity (Wildman–Crippen MR) is 73.7 cm³/mol. The van der Waals surface area contributed by atoms with E-state index in [4.69, 9.17) is 4.74 Å². The molecular weight excluding hydrogens is 224 g/mol. The zero-order valence-corrected chi connectivity index (χ0v) is 11.6. The summed E-state index contributed by atoms with van der Waals surface area (Å²) in [5, 5.41) is 10.3. The predicted octanol–water partition coefficient (Wildman–Crippen LogP) is 3.80. The number of benzene rings is 1. The molecule has 1 N–H and O–H groups in total. The molecule has 0 aromatic heterocycles. The van der Waals surface area contributed by atoms with Crippen LogP contribution in [0.15, 0.2) is 24.3 Å². The third-order valence-corrected chi connectivity index (χ3v) is 4.08. The van der Waals surface area contributed by atoms with E-state index in [-0.39, 0.29) is 12.2 Å². The normalized spacial score (nSPS) is 27.1. The van der Waals surface area contributed by atoms with E-state index in [0.717, 1.165) is 24.8 Å². The summed E-state index contributed by atoms with van der Waals surface area (Å²) in [5.41, 5.74) is 2.32. The molecule has 1 fully saturated rings. The number of aliphatic hydroxyl groups is 1. The first-order valence-corrected chi connectivity index (χ1v) is 7.05. The maximum absolute atomic E-state index is 10.3. The first kappa shape index (κ1) is 13.6. The van der Waals surface area contributed by atoms with Crippen LogP contribution in [0, 0.1) is 0 Å². The Bertz CT molecular complexity index is 371. The molecule has 4 unspecified atom stereocenters. The van der Waals surface area contributed by atoms with E-state index < -0.39 is 6.10 Å². The van der Waals surface area contributed by atoms with Gasteiger partial charge >= 0.3 is 0 Å². The van der Waals surface area contributed by atoms with Gasteiger partial charge in [-0.15, -0.1) is 0 Å². The van der Waals surface area contributed by atoms with Crippen LogP contribution >= 0.6 is 0 Å². The van der Waals surface area contributed by atoms with Crippen LogP contribution in [-0.4, -0.2) is 17.3 Å². The molecule has 0 bridgehead atoms. The second kappa shape index (κ2) is 5.85. The van der Waals surface area contributed by atoms with Crippen LogP contribution in [0.4, 0.5) is 0 Å². The van der Waals surface area contributed by atoms with Crippen LogP contribution in [0.2, 0.25) is 0 Å². The van der Waals surface area contributed by atoms with E-state index in [1.165, 1.54) is 5.56 Å². The van der Waals surface area contributed by atoms with E-state index in [0.29, 0.717) is 5.92 Å². The summed E-state index contributed by atoms with van der Waals surface area (Å²) in [4.78, 5) is 0. The molecule has 0 amide bonds. The fraction of sp³-hybridized carbons (Fsp3) is 0.625. The SMILES string of the molecule is CCC(C)c1ccc(C(O)C2CCC(C)O2)cc1. The third kappa shape index (κ3) is 2.93. The highest BCUT2D eigenvalue weighted by Crippen LogP contribution is 2.30. The highest BCUT2D eigenvalue weighted by atomic mass is 16.5. The summed E-state index contributed by atoms with van der Waals surface area (Å²) >= 11 is 0. The van der Waals surface area contributed by atoms with Crippen molar-refractivity contribution in [1.29, 1.82) is 0 Å². The largest absolute Gasteiger partial charge is 0.386 e. The van der Waals surface area contributed by atoms with Crippen molar-refractivity contribution in [3.05, 3.63) is 35.4 Å². The zero-order chi connectivity index (χ0) is 13.1. The first-order valence-electron chi connectivity index (χ1n) is 7.05. The Labute approximate surface area is 110 Å². The molecule has 100 valence electrons. The van der Waals surface area contributed by atoms with Gasteiger partial charge in [-0.05, 0) is 43.2 Å². The minimum absolute atomic E-state index is 0.0329. The van der Waals surface area contributed by atoms with Gasteiger partial charge in [-0.1, -0.05) is 38.1 Å². The quantitative estimate of drug-likeness (QED) is 0.878. The standard InChI is InChI=1S/C16H24O2/c1-4-11(2)13-6-8-14(9-7-13)16(17)15-10-5-12(3)18-15/h6-9,11-12,15-17H,4-5,10H2,1-3H3. The minimum Gasteiger partial charge on any atom is -0.386 e. The summed E-state index contributed by atoms with van der Waals surface area (Å²) in [6.45, 7) is 6.49. The number of hydrogen-bond acceptors (Lipinski definition) is 2. The molecule has 0 spiro atoms. The van der Waals surface area contributed by atoms with Crippen molar-refractivity contribution in [2.75, 3.05) is 0 Å². The van der Waals surface area contributed by atoms with Crippen LogP contribution in [-0.2, 0) is 4.74 Å². The Morgan fingerprint density at radius 1 is 1.22 bits per heavy atom. The van der Waals surface area contributed by atoms with Crippen LogP contribution in [0.25, 0.3) is 0 Å². The average Bonchev–Trinajstić information content (AvgIpc) is 2.84. The zero-order valence-electron chi connectivity index (χ0n) is 11.6. The highest BCUT2D eigenvalue weighted by molar-refractivity contribution is 5.27. The van der Waals surface area contributed by atoms with Gasteiger partial charge in [-0.25, -0.2) is 0 Å². The molecule has 18 heavy (non-hydrogen) atoms. The van der Waals surface area contributed by atoms with E-state index in [9.17, 15) is 5.11 Å². The van der Waals surface area contributed by atoms with Crippen molar-refractivity contribution >= 4 is 0 Å². The van der Waals surface area contributed by atoms with Gasteiger partial charge in [-0.2, -0.15) is 0 Å². The van der Waals surface area contributed by atoms with Gasteiger partial charge < -0.3 is 9.84 Å². The molecule has 1 heterocycles. The monoisotopic (exact) mass is 248 g/mol. The van der Waals surface area contributed by atoms with Crippen molar-refractivity contribution in [2.24, 2.45) is 0 Å². The highest BCUT2D eigenvalue weighted by Gasteiger charge is 2.29. The lowest BCUT2D eigenvalue weighted by Gasteiger charge is -2.19. The lowest BCUT2D eigenvalue weighted by atomic mass is 9.95. The fourth-order valence-electron chi connectivity index (χ4n) is 2.54. The Balaban J connectivity index is 2.05. The summed E-state index contributed by atoms with van der Waals surface area (Å²) < 4.78 is 5.73. The molecule has 1 aromatic carbocycles. The van der Waals surface area contributed by atoms with Crippen molar-refractivity contribution in [3.63, 3.8) is 0 Å². The van der Waals surface area contributed by atoms with E-state index in [2.05, 4.69) is 32.9 Å². The van der Waals surface area contributed by atoms with Crippen LogP contribution in [0.5, 0.6) is 0 Å². The van der Waals surface area contributed by atoms with Crippen molar-refractivity contribution in [3.8, 4) is 0 Å². The maximum Gasteiger partial charge on any atom is 0.105 e. The van der Waals surface area contributed by atoms with Gasteiger partial charge in [0.05, 0.1) is 12.2 Å². The summed E-state index contributed by atoms with van der Waals surface area (Å²) in [5.74, 6) is 0.582. The molecule has 0 aliphatic carbocycles. The molecule has 0 radical (unpaired) electrons. The molecule has 0 saturated carbocycles. The summed E-state index contributed by atoms with van der Waals surface area (Å²) in [6, 6.07) is 8.34. The van der Waals surface area contributed by atoms with Gasteiger partial charge in [0.15, 0.2) is 0 Å². The van der Waals surface area contributed by atoms with E-state index in [1.807, 2.05) is 12.1 Å². The van der Waals surface area contributed by atoms with E-state index in [1.54, 1.807) is 0 Å². The molecule has 2 heteroatoms. The van der Waals surface area contributed by atoms with Gasteiger partial charge in [0, 0.05) is 0 Å². The molecular formula is C16H24O2. The van der Waals surface area contributed by atoms with Crippen LogP contribution in [0.3, 0.4) is 0 Å². The Kier molecular flexibility index (Phi) is 4.41. The number of rotatable bonds is 4. The second-order valence-electron chi connectivity index (χ2n) is 5.48.